The van der Waals surface area contributed by atoms with Crippen molar-refractivity contribution in [3.8, 4) is 0 Å². The molecule has 0 saturated heterocycles. The number of nitro benzene ring substituents is 1. The van der Waals surface area contributed by atoms with Gasteiger partial charge in [-0.3, -0.25) is 10.1 Å². The van der Waals surface area contributed by atoms with Gasteiger partial charge in [-0.1, -0.05) is 17.7 Å². The van der Waals surface area contributed by atoms with Crippen molar-refractivity contribution in [3.05, 3.63) is 33.3 Å². The summed E-state index contributed by atoms with van der Waals surface area (Å²) in [4.78, 5) is 9.85. The number of anilines is 1. The van der Waals surface area contributed by atoms with Crippen LogP contribution < -0.4 is 5.32 Å². The van der Waals surface area contributed by atoms with Gasteiger partial charge in [-0.15, -0.1) is 0 Å². The van der Waals surface area contributed by atoms with Crippen LogP contribution in [0, 0.1) is 10.1 Å². The van der Waals surface area contributed by atoms with Crippen LogP contribution >= 0.6 is 11.6 Å². The van der Waals surface area contributed by atoms with E-state index in [9.17, 15) is 23.3 Å². The molecule has 2 N–H and O–H groups in total. The fraction of sp³-hybridized carbons (Fsp3) is 0.333. The molecule has 1 atom stereocenters. The molecule has 18 heavy (non-hydrogen) atoms. The summed E-state index contributed by atoms with van der Waals surface area (Å²) in [6.45, 7) is -0.923. The van der Waals surface area contributed by atoms with Crippen molar-refractivity contribution in [3.63, 3.8) is 0 Å². The number of benzene rings is 1. The first-order valence-electron chi connectivity index (χ1n) is 4.65. The van der Waals surface area contributed by atoms with Gasteiger partial charge in [0.05, 0.1) is 16.5 Å². The van der Waals surface area contributed by atoms with E-state index in [-0.39, 0.29) is 10.7 Å². The Hall–Kier alpha value is -1.54. The molecule has 0 bridgehead atoms. The fourth-order valence-electron chi connectivity index (χ4n) is 1.15. The molecule has 0 fully saturated rings. The number of hydrogen-bond acceptors (Lipinski definition) is 4. The summed E-state index contributed by atoms with van der Waals surface area (Å²) in [5, 5.41) is 21.4. The van der Waals surface area contributed by atoms with Crippen LogP contribution in [0.3, 0.4) is 0 Å². The third-order valence-corrected chi connectivity index (χ3v) is 2.35. The summed E-state index contributed by atoms with van der Waals surface area (Å²) in [5.41, 5.74) is -0.718. The molecule has 0 heterocycles. The van der Waals surface area contributed by atoms with E-state index < -0.39 is 29.4 Å². The molecule has 5 nitrogen and oxygen atoms in total. The van der Waals surface area contributed by atoms with E-state index in [4.69, 9.17) is 16.7 Å². The van der Waals surface area contributed by atoms with Crippen LogP contribution in [0.15, 0.2) is 18.2 Å². The van der Waals surface area contributed by atoms with Gasteiger partial charge in [-0.05, 0) is 6.07 Å². The molecule has 100 valence electrons. The SMILES string of the molecule is O=[N+]([O-])c1cccc(Cl)c1NCC(O)C(F)(F)F. The second-order valence-corrected chi connectivity index (χ2v) is 3.74. The molecule has 0 spiro atoms. The Balaban J connectivity index is 2.88. The first kappa shape index (κ1) is 14.5. The highest BCUT2D eigenvalue weighted by Crippen LogP contribution is 2.32. The average molecular weight is 285 g/mol. The number of nitrogens with zero attached hydrogens (tertiary/aromatic N) is 1. The second-order valence-electron chi connectivity index (χ2n) is 3.33. The number of halogens is 4. The standard InChI is InChI=1S/C9H8ClF3N2O3/c10-5-2-1-3-6(15(17)18)8(5)14-4-7(16)9(11,12)13/h1-3,7,14,16H,4H2. The van der Waals surface area contributed by atoms with Crippen LogP contribution in [-0.2, 0) is 0 Å². The lowest BCUT2D eigenvalue weighted by molar-refractivity contribution is -0.384. The zero-order valence-corrected chi connectivity index (χ0v) is 9.50. The average Bonchev–Trinajstić information content (AvgIpc) is 2.25. The Kier molecular flexibility index (Phi) is 4.36. The monoisotopic (exact) mass is 284 g/mol. The molecule has 1 unspecified atom stereocenters. The lowest BCUT2D eigenvalue weighted by atomic mass is 10.2. The molecule has 9 heteroatoms. The molecule has 0 aliphatic rings. The van der Waals surface area contributed by atoms with Gasteiger partial charge in [0.1, 0.15) is 5.69 Å². The van der Waals surface area contributed by atoms with E-state index in [2.05, 4.69) is 5.32 Å². The Morgan fingerprint density at radius 1 is 1.50 bits per heavy atom. The number of aliphatic hydroxyl groups excluding tert-OH is 1. The topological polar surface area (TPSA) is 75.4 Å². The van der Waals surface area contributed by atoms with Gasteiger partial charge in [-0.25, -0.2) is 0 Å². The van der Waals surface area contributed by atoms with Crippen LogP contribution in [0.25, 0.3) is 0 Å². The van der Waals surface area contributed by atoms with E-state index in [0.29, 0.717) is 0 Å². The minimum Gasteiger partial charge on any atom is -0.382 e. The van der Waals surface area contributed by atoms with Crippen LogP contribution in [0.4, 0.5) is 24.5 Å². The van der Waals surface area contributed by atoms with Crippen LogP contribution in [0.2, 0.25) is 5.02 Å². The minimum absolute atomic E-state index is 0.0985. The maximum absolute atomic E-state index is 12.1. The van der Waals surface area contributed by atoms with Gasteiger partial charge in [0, 0.05) is 6.07 Å². The van der Waals surface area contributed by atoms with Crippen molar-refractivity contribution >= 4 is 23.0 Å². The summed E-state index contributed by atoms with van der Waals surface area (Å²) in [6, 6.07) is 3.68. The number of para-hydroxylation sites is 1. The summed E-state index contributed by atoms with van der Waals surface area (Å²) < 4.78 is 36.2. The molecule has 0 saturated carbocycles. The van der Waals surface area contributed by atoms with Crippen molar-refractivity contribution in [2.75, 3.05) is 11.9 Å². The first-order valence-corrected chi connectivity index (χ1v) is 5.03. The molecule has 0 aromatic heterocycles. The highest BCUT2D eigenvalue weighted by Gasteiger charge is 2.38. The van der Waals surface area contributed by atoms with Crippen molar-refractivity contribution < 1.29 is 23.2 Å². The Morgan fingerprint density at radius 2 is 2.11 bits per heavy atom. The third kappa shape index (κ3) is 3.47. The first-order chi connectivity index (χ1) is 8.23. The minimum atomic E-state index is -4.80. The van der Waals surface area contributed by atoms with E-state index >= 15 is 0 Å². The molecule has 1 aromatic carbocycles. The number of nitro groups is 1. The largest absolute Gasteiger partial charge is 0.416 e. The number of hydrogen-bond donors (Lipinski definition) is 2. The molecule has 1 rings (SSSR count). The second kappa shape index (κ2) is 5.40. The quantitative estimate of drug-likeness (QED) is 0.658. The molecule has 1 aromatic rings. The van der Waals surface area contributed by atoms with Gasteiger partial charge < -0.3 is 10.4 Å². The van der Waals surface area contributed by atoms with Crippen molar-refractivity contribution in [1.82, 2.24) is 0 Å². The van der Waals surface area contributed by atoms with E-state index in [0.717, 1.165) is 6.07 Å². The molecule has 0 aliphatic heterocycles. The van der Waals surface area contributed by atoms with E-state index in [1.54, 1.807) is 0 Å². The Bertz CT molecular complexity index is 453. The zero-order chi connectivity index (χ0) is 13.9. The van der Waals surface area contributed by atoms with Crippen molar-refractivity contribution in [2.24, 2.45) is 0 Å². The summed E-state index contributed by atoms with van der Waals surface area (Å²) in [7, 11) is 0. The van der Waals surface area contributed by atoms with Crippen molar-refractivity contribution in [2.45, 2.75) is 12.3 Å². The molecular weight excluding hydrogens is 277 g/mol. The molecule has 0 radical (unpaired) electrons. The lowest BCUT2D eigenvalue weighted by Crippen LogP contribution is -2.35. The Morgan fingerprint density at radius 3 is 2.61 bits per heavy atom. The molecule has 0 aliphatic carbocycles. The predicted molar refractivity (Wildman–Crippen MR) is 58.7 cm³/mol. The van der Waals surface area contributed by atoms with Gasteiger partial charge in [0.15, 0.2) is 6.10 Å². The molecular formula is C9H8ClF3N2O3. The van der Waals surface area contributed by atoms with Gasteiger partial charge >= 0.3 is 6.18 Å². The summed E-state index contributed by atoms with van der Waals surface area (Å²) in [5.74, 6) is 0. The van der Waals surface area contributed by atoms with Crippen LogP contribution in [0.5, 0.6) is 0 Å². The Labute approximate surface area is 104 Å². The van der Waals surface area contributed by atoms with Gasteiger partial charge in [0.25, 0.3) is 5.69 Å². The number of nitrogens with one attached hydrogen (secondary N) is 1. The van der Waals surface area contributed by atoms with Crippen LogP contribution in [0.1, 0.15) is 0 Å². The maximum Gasteiger partial charge on any atom is 0.416 e. The number of alkyl halides is 3. The predicted octanol–water partition coefficient (Wildman–Crippen LogP) is 2.58. The third-order valence-electron chi connectivity index (χ3n) is 2.04. The van der Waals surface area contributed by atoms with Gasteiger partial charge in [-0.2, -0.15) is 13.2 Å². The fourth-order valence-corrected chi connectivity index (χ4v) is 1.39. The normalized spacial score (nSPS) is 13.2. The summed E-state index contributed by atoms with van der Waals surface area (Å²) in [6.07, 6.45) is -7.43. The maximum atomic E-state index is 12.1. The van der Waals surface area contributed by atoms with Crippen molar-refractivity contribution in [1.29, 1.82) is 0 Å². The van der Waals surface area contributed by atoms with Gasteiger partial charge in [0.2, 0.25) is 0 Å². The number of aliphatic hydroxyl groups is 1. The highest BCUT2D eigenvalue weighted by molar-refractivity contribution is 6.33. The summed E-state index contributed by atoms with van der Waals surface area (Å²) >= 11 is 5.64. The van der Waals surface area contributed by atoms with E-state index in [1.165, 1.54) is 12.1 Å². The lowest BCUT2D eigenvalue weighted by Gasteiger charge is -2.16. The zero-order valence-electron chi connectivity index (χ0n) is 8.74. The smallest absolute Gasteiger partial charge is 0.382 e. The molecule has 0 amide bonds. The highest BCUT2D eigenvalue weighted by atomic mass is 35.5. The van der Waals surface area contributed by atoms with Crippen LogP contribution in [-0.4, -0.2) is 28.9 Å². The van der Waals surface area contributed by atoms with E-state index in [1.807, 2.05) is 0 Å². The number of rotatable bonds is 4.